The van der Waals surface area contributed by atoms with Crippen LogP contribution in [0.5, 0.6) is 0 Å². The van der Waals surface area contributed by atoms with Gasteiger partial charge in [0.2, 0.25) is 17.7 Å². The first-order valence-corrected chi connectivity index (χ1v) is 9.73. The first-order valence-electron chi connectivity index (χ1n) is 9.73. The molecule has 7 heteroatoms. The molecule has 2 aromatic carbocycles. The van der Waals surface area contributed by atoms with Gasteiger partial charge in [0.15, 0.2) is 0 Å². The number of benzene rings is 2. The minimum atomic E-state index is -0.500. The Labute approximate surface area is 169 Å². The Balaban J connectivity index is 1.46. The van der Waals surface area contributed by atoms with E-state index in [0.717, 1.165) is 28.8 Å². The first kappa shape index (κ1) is 19.1. The van der Waals surface area contributed by atoms with E-state index < -0.39 is 11.9 Å². The molecule has 2 aliphatic heterocycles. The number of hydrogen-bond acceptors (Lipinski definition) is 4. The van der Waals surface area contributed by atoms with Gasteiger partial charge in [-0.3, -0.25) is 19.3 Å². The van der Waals surface area contributed by atoms with Crippen molar-refractivity contribution >= 4 is 29.1 Å². The molecule has 2 aromatic rings. The van der Waals surface area contributed by atoms with Crippen molar-refractivity contribution in [3.63, 3.8) is 0 Å². The molecule has 0 bridgehead atoms. The lowest BCUT2D eigenvalue weighted by Gasteiger charge is -2.34. The van der Waals surface area contributed by atoms with Gasteiger partial charge in [-0.1, -0.05) is 24.3 Å². The highest BCUT2D eigenvalue weighted by molar-refractivity contribution is 5.96. The van der Waals surface area contributed by atoms with Gasteiger partial charge < -0.3 is 16.0 Å². The smallest absolute Gasteiger partial charge is 0.238 e. The highest BCUT2D eigenvalue weighted by atomic mass is 16.2. The number of fused-ring (bicyclic) bond motifs is 2. The normalized spacial score (nSPS) is 18.1. The Morgan fingerprint density at radius 2 is 1.86 bits per heavy atom. The fourth-order valence-corrected chi connectivity index (χ4v) is 4.22. The molecule has 150 valence electrons. The number of amides is 3. The number of carbonyl (C=O) groups is 3. The first-order chi connectivity index (χ1) is 13.9. The Morgan fingerprint density at radius 1 is 1.10 bits per heavy atom. The Hall–Kier alpha value is -3.19. The number of carbonyl (C=O) groups excluding carboxylic acids is 3. The standard InChI is InChI=1S/C22H24N4O3/c1-14(27)26-9-8-16-10-18(6-7-19(16)26)24-21(28)13-25-12-17-5-3-2-4-15(17)11-20(25)22(23)29/h2-7,10,20H,8-9,11-13H2,1H3,(H2,23,29)(H,24,28)/t20-/m0/s1. The SMILES string of the molecule is CC(=O)N1CCc2cc(NC(=O)CN3Cc4ccccc4C[C@H]3C(N)=O)ccc21. The lowest BCUT2D eigenvalue weighted by atomic mass is 9.93. The highest BCUT2D eigenvalue weighted by Crippen LogP contribution is 2.30. The van der Waals surface area contributed by atoms with Crippen LogP contribution in [0.15, 0.2) is 42.5 Å². The van der Waals surface area contributed by atoms with Crippen LogP contribution in [0, 0.1) is 0 Å². The van der Waals surface area contributed by atoms with Crippen LogP contribution in [0.25, 0.3) is 0 Å². The van der Waals surface area contributed by atoms with E-state index in [9.17, 15) is 14.4 Å². The monoisotopic (exact) mass is 392 g/mol. The molecule has 0 aromatic heterocycles. The average Bonchev–Trinajstić information content (AvgIpc) is 3.10. The second kappa shape index (κ2) is 7.67. The van der Waals surface area contributed by atoms with Crippen molar-refractivity contribution in [2.75, 3.05) is 23.3 Å². The molecule has 7 nitrogen and oxygen atoms in total. The van der Waals surface area contributed by atoms with Gasteiger partial charge >= 0.3 is 0 Å². The fourth-order valence-electron chi connectivity index (χ4n) is 4.22. The van der Waals surface area contributed by atoms with Crippen molar-refractivity contribution in [2.45, 2.75) is 32.4 Å². The Morgan fingerprint density at radius 3 is 2.59 bits per heavy atom. The lowest BCUT2D eigenvalue weighted by Crippen LogP contribution is -2.50. The van der Waals surface area contributed by atoms with Gasteiger partial charge in [-0.2, -0.15) is 0 Å². The summed E-state index contributed by atoms with van der Waals surface area (Å²) in [4.78, 5) is 39.9. The van der Waals surface area contributed by atoms with E-state index in [4.69, 9.17) is 5.73 Å². The van der Waals surface area contributed by atoms with Crippen LogP contribution in [0.3, 0.4) is 0 Å². The fraction of sp³-hybridized carbons (Fsp3) is 0.318. The van der Waals surface area contributed by atoms with Crippen molar-refractivity contribution in [2.24, 2.45) is 5.73 Å². The molecule has 0 saturated heterocycles. The quantitative estimate of drug-likeness (QED) is 0.823. The summed E-state index contributed by atoms with van der Waals surface area (Å²) in [6.45, 7) is 2.81. The second-order valence-corrected chi connectivity index (χ2v) is 7.61. The van der Waals surface area contributed by atoms with Crippen LogP contribution in [0.4, 0.5) is 11.4 Å². The van der Waals surface area contributed by atoms with E-state index in [1.165, 1.54) is 0 Å². The molecule has 2 heterocycles. The molecule has 0 saturated carbocycles. The maximum absolute atomic E-state index is 12.7. The van der Waals surface area contributed by atoms with Crippen LogP contribution in [-0.4, -0.2) is 41.8 Å². The molecule has 0 radical (unpaired) electrons. The van der Waals surface area contributed by atoms with Crippen LogP contribution < -0.4 is 16.0 Å². The van der Waals surface area contributed by atoms with E-state index in [0.29, 0.717) is 25.2 Å². The topological polar surface area (TPSA) is 95.7 Å². The van der Waals surface area contributed by atoms with Crippen molar-refractivity contribution in [3.8, 4) is 0 Å². The molecule has 29 heavy (non-hydrogen) atoms. The van der Waals surface area contributed by atoms with E-state index in [1.54, 1.807) is 17.9 Å². The molecule has 0 aliphatic carbocycles. The Kier molecular flexibility index (Phi) is 5.07. The van der Waals surface area contributed by atoms with Gasteiger partial charge in [-0.15, -0.1) is 0 Å². The molecule has 0 unspecified atom stereocenters. The minimum absolute atomic E-state index is 0.0170. The summed E-state index contributed by atoms with van der Waals surface area (Å²) in [5.41, 5.74) is 10.4. The largest absolute Gasteiger partial charge is 0.368 e. The van der Waals surface area contributed by atoms with Crippen molar-refractivity contribution in [3.05, 3.63) is 59.2 Å². The summed E-state index contributed by atoms with van der Waals surface area (Å²) < 4.78 is 0. The van der Waals surface area contributed by atoms with Crippen LogP contribution in [0.1, 0.15) is 23.6 Å². The third-order valence-electron chi connectivity index (χ3n) is 5.66. The molecular formula is C22H24N4O3. The van der Waals surface area contributed by atoms with Gasteiger partial charge in [0.1, 0.15) is 0 Å². The number of nitrogens with two attached hydrogens (primary N) is 1. The summed E-state index contributed by atoms with van der Waals surface area (Å²) >= 11 is 0. The van der Waals surface area contributed by atoms with Gasteiger partial charge in [0, 0.05) is 31.4 Å². The van der Waals surface area contributed by atoms with Gasteiger partial charge in [0.05, 0.1) is 12.6 Å². The van der Waals surface area contributed by atoms with Crippen molar-refractivity contribution < 1.29 is 14.4 Å². The molecule has 4 rings (SSSR count). The minimum Gasteiger partial charge on any atom is -0.368 e. The zero-order valence-electron chi connectivity index (χ0n) is 16.4. The van der Waals surface area contributed by atoms with E-state index in [-0.39, 0.29) is 18.4 Å². The predicted molar refractivity (Wildman–Crippen MR) is 110 cm³/mol. The van der Waals surface area contributed by atoms with Crippen molar-refractivity contribution in [1.82, 2.24) is 4.90 Å². The van der Waals surface area contributed by atoms with Gasteiger partial charge in [-0.25, -0.2) is 0 Å². The highest BCUT2D eigenvalue weighted by Gasteiger charge is 2.31. The third kappa shape index (κ3) is 3.86. The maximum atomic E-state index is 12.7. The number of nitrogens with zero attached hydrogens (tertiary/aromatic N) is 2. The molecule has 1 atom stereocenters. The zero-order valence-corrected chi connectivity index (χ0v) is 16.4. The summed E-state index contributed by atoms with van der Waals surface area (Å²) in [7, 11) is 0. The van der Waals surface area contributed by atoms with Crippen LogP contribution in [0.2, 0.25) is 0 Å². The number of anilines is 2. The second-order valence-electron chi connectivity index (χ2n) is 7.61. The summed E-state index contributed by atoms with van der Waals surface area (Å²) in [5.74, 6) is -0.602. The molecule has 2 aliphatic rings. The lowest BCUT2D eigenvalue weighted by molar-refractivity contribution is -0.125. The number of rotatable bonds is 4. The summed E-state index contributed by atoms with van der Waals surface area (Å²) in [5, 5.41) is 2.91. The van der Waals surface area contributed by atoms with E-state index in [2.05, 4.69) is 5.32 Å². The molecule has 3 amide bonds. The molecule has 3 N–H and O–H groups in total. The zero-order chi connectivity index (χ0) is 20.5. The molecule has 0 spiro atoms. The number of nitrogens with one attached hydrogen (secondary N) is 1. The number of primary amides is 1. The summed E-state index contributed by atoms with van der Waals surface area (Å²) in [6, 6.07) is 13.0. The maximum Gasteiger partial charge on any atom is 0.238 e. The average molecular weight is 392 g/mol. The van der Waals surface area contributed by atoms with Crippen molar-refractivity contribution in [1.29, 1.82) is 0 Å². The van der Waals surface area contributed by atoms with Crippen LogP contribution >= 0.6 is 0 Å². The van der Waals surface area contributed by atoms with Gasteiger partial charge in [-0.05, 0) is 47.7 Å². The van der Waals surface area contributed by atoms with E-state index in [1.807, 2.05) is 41.3 Å². The van der Waals surface area contributed by atoms with E-state index >= 15 is 0 Å². The van der Waals surface area contributed by atoms with Crippen LogP contribution in [-0.2, 0) is 33.8 Å². The third-order valence-corrected chi connectivity index (χ3v) is 5.66. The predicted octanol–water partition coefficient (Wildman–Crippen LogP) is 1.45. The number of hydrogen-bond donors (Lipinski definition) is 2. The van der Waals surface area contributed by atoms with Gasteiger partial charge in [0.25, 0.3) is 0 Å². The Bertz CT molecular complexity index is 988. The molecule has 0 fully saturated rings. The molecular weight excluding hydrogens is 368 g/mol. The summed E-state index contributed by atoms with van der Waals surface area (Å²) in [6.07, 6.45) is 1.28.